The fourth-order valence-electron chi connectivity index (χ4n) is 10.3. The maximum absolute atomic E-state index is 14.3. The first-order valence-electron chi connectivity index (χ1n) is 30.2. The maximum atomic E-state index is 14.3. The number of nitrogens with zero attached hydrogens (tertiary/aromatic N) is 2. The van der Waals surface area contributed by atoms with Gasteiger partial charge in [-0.2, -0.15) is 26.3 Å². The van der Waals surface area contributed by atoms with Crippen LogP contribution in [0.5, 0.6) is 11.5 Å². The smallest absolute Gasteiger partial charge is 0.471 e. The number of anilines is 4. The first-order chi connectivity index (χ1) is 47.8. The minimum Gasteiger partial charge on any atom is -0.484 e. The molecule has 28 heteroatoms. The average Bonchev–Trinajstić information content (AvgIpc) is 1.61. The molecule has 4 aromatic heterocycles. The number of alkyl halides is 6. The van der Waals surface area contributed by atoms with Crippen LogP contribution in [0.4, 0.5) is 49.4 Å². The van der Waals surface area contributed by atoms with Crippen molar-refractivity contribution in [1.29, 1.82) is 0 Å². The number of nitrogens with one attached hydrogen (secondary N) is 6. The molecule has 0 aliphatic heterocycles. The molecule has 0 atom stereocenters. The van der Waals surface area contributed by atoms with Gasteiger partial charge in [0.2, 0.25) is 0 Å². The van der Waals surface area contributed by atoms with Gasteiger partial charge in [0.05, 0.1) is 44.7 Å². The molecule has 6 aromatic carbocycles. The summed E-state index contributed by atoms with van der Waals surface area (Å²) < 4.78 is 105. The molecule has 10 aromatic rings. The molecular formula is C72H56F6N8O14. The van der Waals surface area contributed by atoms with Crippen LogP contribution in [0.2, 0.25) is 0 Å². The van der Waals surface area contributed by atoms with E-state index in [1.54, 1.807) is 143 Å². The highest BCUT2D eigenvalue weighted by molar-refractivity contribution is 6.19. The Morgan fingerprint density at radius 2 is 0.760 bits per heavy atom. The van der Waals surface area contributed by atoms with Crippen LogP contribution in [0.25, 0.3) is 11.0 Å². The lowest BCUT2D eigenvalue weighted by atomic mass is 9.98. The molecule has 22 nitrogen and oxygen atoms in total. The predicted molar refractivity (Wildman–Crippen MR) is 350 cm³/mol. The third-order valence-corrected chi connectivity index (χ3v) is 15.3. The summed E-state index contributed by atoms with van der Waals surface area (Å²) in [5, 5.41) is 14.2. The van der Waals surface area contributed by atoms with Gasteiger partial charge in [-0.25, -0.2) is 9.59 Å². The summed E-state index contributed by atoms with van der Waals surface area (Å²) >= 11 is 0. The second-order valence-corrected chi connectivity index (χ2v) is 22.0. The monoisotopic (exact) mass is 1370 g/mol. The highest BCUT2D eigenvalue weighted by Gasteiger charge is 2.41. The Morgan fingerprint density at radius 3 is 1.12 bits per heavy atom. The van der Waals surface area contributed by atoms with E-state index in [0.717, 1.165) is 36.4 Å². The van der Waals surface area contributed by atoms with Gasteiger partial charge in [-0.3, -0.25) is 38.4 Å². The molecule has 0 spiro atoms. The van der Waals surface area contributed by atoms with E-state index in [9.17, 15) is 74.3 Å². The van der Waals surface area contributed by atoms with Crippen molar-refractivity contribution in [3.8, 4) is 11.5 Å². The lowest BCUT2D eigenvalue weighted by Crippen LogP contribution is -2.38. The summed E-state index contributed by atoms with van der Waals surface area (Å²) in [7, 11) is 0. The van der Waals surface area contributed by atoms with E-state index in [-0.39, 0.29) is 93.9 Å². The minimum atomic E-state index is -5.30. The number of rotatable bonds is 25. The average molecular weight is 1370 g/mol. The number of benzene rings is 6. The van der Waals surface area contributed by atoms with Crippen molar-refractivity contribution >= 4 is 93.0 Å². The molecule has 0 aliphatic carbocycles. The van der Waals surface area contributed by atoms with Gasteiger partial charge in [0, 0.05) is 58.9 Å². The molecule has 10 rings (SSSR count). The number of fused-ring (bicyclic) bond motifs is 2. The Labute approximate surface area is 563 Å². The zero-order chi connectivity index (χ0) is 71.4. The van der Waals surface area contributed by atoms with E-state index in [4.69, 9.17) is 18.9 Å². The van der Waals surface area contributed by atoms with Gasteiger partial charge in [0.25, 0.3) is 23.6 Å². The van der Waals surface area contributed by atoms with Crippen LogP contribution in [0.3, 0.4) is 0 Å². The normalized spacial score (nSPS) is 11.2. The quantitative estimate of drug-likeness (QED) is 0.0134. The van der Waals surface area contributed by atoms with Crippen LogP contribution < -0.4 is 41.4 Å². The first-order valence-corrected chi connectivity index (χ1v) is 30.2. The minimum absolute atomic E-state index is 0.00150. The fourth-order valence-corrected chi connectivity index (χ4v) is 10.3. The molecular weight excluding hydrogens is 1310 g/mol. The van der Waals surface area contributed by atoms with Crippen molar-refractivity contribution in [1.82, 2.24) is 19.4 Å². The lowest BCUT2D eigenvalue weighted by molar-refractivity contribution is -0.167. The standard InChI is InChI=1S/C72H56F6N8O14/c1-41-59(61(89)47-23-29-53(81-69(95)71(73,74)75)51(35-47)67(93)99-37-43-13-5-3-6-14-43)55-17-9-11-33-85(55)63(41)83-65(91)45-19-25-49(26-20-45)97-39-57(87)79-31-32-80-58(88)40-98-50-27-21-46(22-28-50)66(92)84-64-42(2)60(56-18-10-12-34-86(56)64)62(90)48-24-30-54(82-70(96)72(76,77)78)52(36-48)68(94)100-38-44-15-7-4-8-16-44/h3-30,33-36H,31-32,37-40H2,1-2H3,(H,79,87)(H,80,88)(H,81,95)(H,82,96)(H,83,91)(H,84,92). The number of halogens is 6. The lowest BCUT2D eigenvalue weighted by Gasteiger charge is -2.14. The fraction of sp³-hybridized carbons (Fsp3) is 0.139. The summed E-state index contributed by atoms with van der Waals surface area (Å²) in [5.41, 5.74) is 0.359. The topological polar surface area (TPSA) is 289 Å². The van der Waals surface area contributed by atoms with Crippen molar-refractivity contribution in [2.75, 3.05) is 47.6 Å². The second-order valence-electron chi connectivity index (χ2n) is 22.0. The molecule has 6 N–H and O–H groups in total. The number of hydrogen-bond donors (Lipinski definition) is 6. The van der Waals surface area contributed by atoms with Gasteiger partial charge in [-0.1, -0.05) is 72.8 Å². The van der Waals surface area contributed by atoms with Crippen molar-refractivity contribution in [3.05, 3.63) is 261 Å². The van der Waals surface area contributed by atoms with Crippen molar-refractivity contribution in [2.24, 2.45) is 0 Å². The molecule has 4 heterocycles. The SMILES string of the molecule is Cc1c(C(=O)c2ccc(NC(=O)C(F)(F)F)c(C(=O)OCc3ccccc3)c2)c2ccccn2c1NC(=O)c1ccc(OCC(=O)NCCNC(=O)COc2ccc(C(=O)Nc3c(C)c(C(=O)c4ccc(NC(=O)C(F)(F)F)c(C(=O)OCc5ccccc5)c4)c4ccccn34)cc2)cc1. The molecule has 0 bridgehead atoms. The van der Waals surface area contributed by atoms with Crippen molar-refractivity contribution in [3.63, 3.8) is 0 Å². The first kappa shape index (κ1) is 69.9. The Kier molecular flexibility index (Phi) is 21.3. The molecule has 100 heavy (non-hydrogen) atoms. The van der Waals surface area contributed by atoms with Gasteiger partial charge in [0.15, 0.2) is 24.8 Å². The predicted octanol–water partition coefficient (Wildman–Crippen LogP) is 11.2. The number of carbonyl (C=O) groups is 10. The summed E-state index contributed by atoms with van der Waals surface area (Å²) in [5.74, 6) is -9.80. The van der Waals surface area contributed by atoms with Gasteiger partial charge in [-0.15, -0.1) is 0 Å². The highest BCUT2D eigenvalue weighted by Crippen LogP contribution is 2.35. The number of pyridine rings is 2. The number of ketones is 2. The van der Waals surface area contributed by atoms with E-state index >= 15 is 0 Å². The second kappa shape index (κ2) is 30.5. The molecule has 510 valence electrons. The van der Waals surface area contributed by atoms with Gasteiger partial charge in [-0.05, 0) is 134 Å². The van der Waals surface area contributed by atoms with E-state index < -0.39 is 107 Å². The number of hydrogen-bond acceptors (Lipinski definition) is 14. The number of ether oxygens (including phenoxy) is 4. The third-order valence-electron chi connectivity index (χ3n) is 15.3. The van der Waals surface area contributed by atoms with Crippen molar-refractivity contribution in [2.45, 2.75) is 39.4 Å². The molecule has 0 saturated heterocycles. The molecule has 6 amide bonds. The number of amides is 6. The highest BCUT2D eigenvalue weighted by atomic mass is 19.4. The molecule has 0 saturated carbocycles. The summed E-state index contributed by atoms with van der Waals surface area (Å²) in [6, 6.07) is 44.4. The zero-order valence-corrected chi connectivity index (χ0v) is 52.6. The van der Waals surface area contributed by atoms with Crippen molar-refractivity contribution < 1.29 is 93.2 Å². The van der Waals surface area contributed by atoms with Crippen LogP contribution in [-0.4, -0.2) is 106 Å². The number of aromatic nitrogens is 2. The maximum Gasteiger partial charge on any atom is 0.471 e. The van der Waals surface area contributed by atoms with Crippen LogP contribution in [0.15, 0.2) is 194 Å². The third kappa shape index (κ3) is 16.7. The van der Waals surface area contributed by atoms with Gasteiger partial charge < -0.3 is 59.6 Å². The van der Waals surface area contributed by atoms with E-state index in [2.05, 4.69) is 21.3 Å². The summed E-state index contributed by atoms with van der Waals surface area (Å²) in [6.07, 6.45) is -7.43. The molecule has 0 radical (unpaired) electrons. The Bertz CT molecular complexity index is 4520. The zero-order valence-electron chi connectivity index (χ0n) is 52.6. The van der Waals surface area contributed by atoms with E-state index in [0.29, 0.717) is 22.2 Å². The Hall–Kier alpha value is -12.9. The van der Waals surface area contributed by atoms with E-state index in [1.165, 1.54) is 48.5 Å². The summed E-state index contributed by atoms with van der Waals surface area (Å²) in [6.45, 7) is 1.71. The Morgan fingerprint density at radius 1 is 0.410 bits per heavy atom. The number of carbonyl (C=O) groups excluding carboxylic acids is 10. The van der Waals surface area contributed by atoms with Crippen LogP contribution >= 0.6 is 0 Å². The van der Waals surface area contributed by atoms with Crippen LogP contribution in [0, 0.1) is 13.8 Å². The van der Waals surface area contributed by atoms with Gasteiger partial charge in [0.1, 0.15) is 36.3 Å². The molecule has 0 unspecified atom stereocenters. The number of esters is 2. The van der Waals surface area contributed by atoms with E-state index in [1.807, 2.05) is 0 Å². The van der Waals surface area contributed by atoms with Crippen LogP contribution in [-0.2, 0) is 41.9 Å². The largest absolute Gasteiger partial charge is 0.484 e. The Balaban J connectivity index is 0.686. The molecule has 0 fully saturated rings. The summed E-state index contributed by atoms with van der Waals surface area (Å²) in [4.78, 5) is 132. The van der Waals surface area contributed by atoms with Gasteiger partial charge >= 0.3 is 36.1 Å². The molecule has 0 aliphatic rings. The van der Waals surface area contributed by atoms with Crippen LogP contribution in [0.1, 0.15) is 95.5 Å².